The Morgan fingerprint density at radius 2 is 1.95 bits per heavy atom. The van der Waals surface area contributed by atoms with E-state index < -0.39 is 0 Å². The number of rotatable bonds is 2. The molecule has 3 aliphatic rings. The first-order valence-corrected chi connectivity index (χ1v) is 8.06. The molecular formula is C18H21N3O. The first kappa shape index (κ1) is 13.8. The van der Waals surface area contributed by atoms with E-state index in [1.807, 2.05) is 30.3 Å². The minimum Gasteiger partial charge on any atom is -0.362 e. The summed E-state index contributed by atoms with van der Waals surface area (Å²) in [5.41, 5.74) is 2.56. The minimum absolute atomic E-state index is 0.149. The van der Waals surface area contributed by atoms with Crippen molar-refractivity contribution in [2.75, 3.05) is 0 Å². The SMILES string of the molecule is CCC1(C)OC2(C)CCC1c1nc(-c3ccccc3)nnc12. The molecule has 5 rings (SSSR count). The molecule has 3 unspecified atom stereocenters. The van der Waals surface area contributed by atoms with Gasteiger partial charge in [0.25, 0.3) is 0 Å². The van der Waals surface area contributed by atoms with Crippen molar-refractivity contribution >= 4 is 0 Å². The van der Waals surface area contributed by atoms with Gasteiger partial charge >= 0.3 is 0 Å². The average molecular weight is 295 g/mol. The lowest BCUT2D eigenvalue weighted by molar-refractivity contribution is -0.209. The van der Waals surface area contributed by atoms with Crippen LogP contribution in [0.25, 0.3) is 11.4 Å². The van der Waals surface area contributed by atoms with Gasteiger partial charge in [0.2, 0.25) is 0 Å². The number of fused-ring (bicyclic) bond motifs is 2. The Kier molecular flexibility index (Phi) is 2.89. The molecule has 0 N–H and O–H groups in total. The van der Waals surface area contributed by atoms with Crippen molar-refractivity contribution in [2.24, 2.45) is 0 Å². The maximum atomic E-state index is 6.44. The van der Waals surface area contributed by atoms with Gasteiger partial charge in [-0.25, -0.2) is 4.98 Å². The van der Waals surface area contributed by atoms with Crippen LogP contribution in [0.4, 0.5) is 0 Å². The van der Waals surface area contributed by atoms with Crippen LogP contribution in [-0.2, 0) is 10.3 Å². The second-order valence-corrected chi connectivity index (χ2v) is 6.83. The summed E-state index contributed by atoms with van der Waals surface area (Å²) in [6.07, 6.45) is 3.10. The number of aromatic nitrogens is 3. The van der Waals surface area contributed by atoms with Crippen molar-refractivity contribution in [3.8, 4) is 11.4 Å². The van der Waals surface area contributed by atoms with Crippen LogP contribution in [0.3, 0.4) is 0 Å². The van der Waals surface area contributed by atoms with Gasteiger partial charge in [-0.05, 0) is 33.1 Å². The molecule has 0 radical (unpaired) electrons. The summed E-state index contributed by atoms with van der Waals surface area (Å²) in [5, 5.41) is 8.87. The third-order valence-electron chi connectivity index (χ3n) is 5.38. The molecule has 3 heterocycles. The van der Waals surface area contributed by atoms with E-state index in [1.54, 1.807) is 0 Å². The molecule has 1 fully saturated rings. The van der Waals surface area contributed by atoms with Gasteiger partial charge in [0.05, 0.1) is 11.3 Å². The summed E-state index contributed by atoms with van der Waals surface area (Å²) in [7, 11) is 0. The zero-order valence-corrected chi connectivity index (χ0v) is 13.3. The van der Waals surface area contributed by atoms with E-state index >= 15 is 0 Å². The molecule has 1 saturated heterocycles. The average Bonchev–Trinajstić information content (AvgIpc) is 2.55. The first-order valence-electron chi connectivity index (χ1n) is 8.06. The van der Waals surface area contributed by atoms with Gasteiger partial charge in [-0.3, -0.25) is 0 Å². The Hall–Kier alpha value is -1.81. The first-order chi connectivity index (χ1) is 10.6. The number of ether oxygens (including phenoxy) is 1. The highest BCUT2D eigenvalue weighted by Crippen LogP contribution is 2.56. The number of hydrogen-bond acceptors (Lipinski definition) is 4. The predicted molar refractivity (Wildman–Crippen MR) is 84.4 cm³/mol. The Balaban J connectivity index is 1.87. The van der Waals surface area contributed by atoms with Crippen molar-refractivity contribution in [1.82, 2.24) is 15.2 Å². The molecule has 4 heteroatoms. The van der Waals surface area contributed by atoms with Gasteiger partial charge < -0.3 is 4.74 Å². The predicted octanol–water partition coefficient (Wildman–Crippen LogP) is 3.83. The van der Waals surface area contributed by atoms with Gasteiger partial charge in [0.1, 0.15) is 11.3 Å². The zero-order chi connectivity index (χ0) is 15.4. The van der Waals surface area contributed by atoms with Gasteiger partial charge in [0, 0.05) is 11.5 Å². The molecule has 1 aromatic carbocycles. The fourth-order valence-corrected chi connectivity index (χ4v) is 3.94. The minimum atomic E-state index is -0.343. The molecule has 22 heavy (non-hydrogen) atoms. The quantitative estimate of drug-likeness (QED) is 0.845. The normalized spacial score (nSPS) is 32.8. The van der Waals surface area contributed by atoms with E-state index in [9.17, 15) is 0 Å². The third-order valence-corrected chi connectivity index (χ3v) is 5.38. The lowest BCUT2D eigenvalue weighted by Crippen LogP contribution is -2.54. The summed E-state index contributed by atoms with van der Waals surface area (Å²) >= 11 is 0. The largest absolute Gasteiger partial charge is 0.362 e. The standard InChI is InChI=1S/C18H21N3O/c1-4-17(2)13-10-11-18(3,22-17)15-14(13)19-16(21-20-15)12-8-6-5-7-9-12/h5-9,13H,4,10-11H2,1-3H3. The molecule has 0 saturated carbocycles. The Morgan fingerprint density at radius 3 is 2.68 bits per heavy atom. The van der Waals surface area contributed by atoms with Crippen LogP contribution in [0.15, 0.2) is 30.3 Å². The summed E-state index contributed by atoms with van der Waals surface area (Å²) in [5.74, 6) is 1.03. The number of nitrogens with zero attached hydrogens (tertiary/aromatic N) is 3. The molecule has 0 spiro atoms. The maximum Gasteiger partial charge on any atom is 0.182 e. The molecule has 2 bridgehead atoms. The van der Waals surface area contributed by atoms with Crippen molar-refractivity contribution < 1.29 is 4.74 Å². The highest BCUT2D eigenvalue weighted by Gasteiger charge is 2.55. The van der Waals surface area contributed by atoms with Crippen molar-refractivity contribution in [3.63, 3.8) is 0 Å². The van der Waals surface area contributed by atoms with E-state index in [0.29, 0.717) is 11.7 Å². The van der Waals surface area contributed by atoms with Crippen LogP contribution in [0, 0.1) is 0 Å². The number of hydrogen-bond donors (Lipinski definition) is 0. The molecular weight excluding hydrogens is 274 g/mol. The fraction of sp³-hybridized carbons (Fsp3) is 0.500. The van der Waals surface area contributed by atoms with Gasteiger partial charge in [-0.1, -0.05) is 37.3 Å². The monoisotopic (exact) mass is 295 g/mol. The molecule has 1 aliphatic carbocycles. The zero-order valence-electron chi connectivity index (χ0n) is 13.3. The third kappa shape index (κ3) is 1.83. The molecule has 114 valence electrons. The van der Waals surface area contributed by atoms with E-state index in [4.69, 9.17) is 9.72 Å². The maximum absolute atomic E-state index is 6.44. The second-order valence-electron chi connectivity index (χ2n) is 6.83. The number of benzene rings is 1. The molecule has 4 nitrogen and oxygen atoms in total. The van der Waals surface area contributed by atoms with E-state index in [-0.39, 0.29) is 11.2 Å². The lowest BCUT2D eigenvalue weighted by Gasteiger charge is -2.54. The Morgan fingerprint density at radius 1 is 1.18 bits per heavy atom. The second kappa shape index (κ2) is 4.59. The molecule has 1 aromatic heterocycles. The molecule has 3 atom stereocenters. The summed E-state index contributed by atoms with van der Waals surface area (Å²) in [4.78, 5) is 4.90. The van der Waals surface area contributed by atoms with Gasteiger partial charge in [-0.15, -0.1) is 10.2 Å². The van der Waals surface area contributed by atoms with Crippen molar-refractivity contribution in [3.05, 3.63) is 41.7 Å². The van der Waals surface area contributed by atoms with Crippen LogP contribution in [-0.4, -0.2) is 20.8 Å². The summed E-state index contributed by atoms with van der Waals surface area (Å²) < 4.78 is 6.44. The van der Waals surface area contributed by atoms with E-state index in [0.717, 1.165) is 36.2 Å². The summed E-state index contributed by atoms with van der Waals surface area (Å²) in [6, 6.07) is 10.1. The van der Waals surface area contributed by atoms with Crippen LogP contribution in [0.2, 0.25) is 0 Å². The van der Waals surface area contributed by atoms with Crippen molar-refractivity contribution in [2.45, 2.75) is 57.2 Å². The topological polar surface area (TPSA) is 47.9 Å². The summed E-state index contributed by atoms with van der Waals surface area (Å²) in [6.45, 7) is 6.53. The van der Waals surface area contributed by atoms with Crippen LogP contribution >= 0.6 is 0 Å². The van der Waals surface area contributed by atoms with Gasteiger partial charge in [0.15, 0.2) is 5.82 Å². The van der Waals surface area contributed by atoms with Crippen molar-refractivity contribution in [1.29, 1.82) is 0 Å². The molecule has 0 amide bonds. The smallest absolute Gasteiger partial charge is 0.182 e. The van der Waals surface area contributed by atoms with Crippen LogP contribution in [0.5, 0.6) is 0 Å². The molecule has 2 aliphatic heterocycles. The van der Waals surface area contributed by atoms with E-state index in [2.05, 4.69) is 31.0 Å². The van der Waals surface area contributed by atoms with Gasteiger partial charge in [-0.2, -0.15) is 0 Å². The molecule has 2 aromatic rings. The van der Waals surface area contributed by atoms with E-state index in [1.165, 1.54) is 0 Å². The Bertz CT molecular complexity index is 718. The fourth-order valence-electron chi connectivity index (χ4n) is 3.94. The lowest BCUT2D eigenvalue weighted by atomic mass is 9.68. The highest BCUT2D eigenvalue weighted by atomic mass is 16.5. The highest BCUT2D eigenvalue weighted by molar-refractivity contribution is 5.54. The van der Waals surface area contributed by atoms with Crippen LogP contribution in [0.1, 0.15) is 57.3 Å². The Labute approximate surface area is 131 Å². The van der Waals surface area contributed by atoms with Crippen LogP contribution < -0.4 is 0 Å².